The van der Waals surface area contributed by atoms with Crippen LogP contribution in [0.3, 0.4) is 0 Å². The predicted octanol–water partition coefficient (Wildman–Crippen LogP) is 16.4. The molecule has 0 amide bonds. The quantitative estimate of drug-likeness (QED) is 0.166. The molecule has 0 aliphatic carbocycles. The molecular formula is C60H36N2. The number of aromatic nitrogens is 2. The lowest BCUT2D eigenvalue weighted by molar-refractivity contribution is 1.36. The van der Waals surface area contributed by atoms with Crippen LogP contribution in [0.2, 0.25) is 0 Å². The van der Waals surface area contributed by atoms with E-state index in [4.69, 9.17) is 9.97 Å². The average molecular weight is 785 g/mol. The van der Waals surface area contributed by atoms with Gasteiger partial charge in [0, 0.05) is 21.9 Å². The zero-order chi connectivity index (χ0) is 40.7. The molecule has 0 saturated carbocycles. The standard InChI is InChI=1S/C60H36N2/c1-3-13-49-45(9-1)47-11-5-7-15-51(47)55-35-43(27-31-53(49)55)37-17-21-39(22-18-37)57-33-29-41-25-26-42-30-34-58(62-60(42)59(41)61-57)40-23-19-38(20-24-40)44-28-32-54-50-14-4-2-10-46(50)48-12-6-8-16-52(48)56(54)36-44/h1-36H. The second-order valence-corrected chi connectivity index (χ2v) is 16.5. The van der Waals surface area contributed by atoms with Crippen LogP contribution in [0.25, 0.3) is 131 Å². The lowest BCUT2D eigenvalue weighted by Gasteiger charge is -2.12. The van der Waals surface area contributed by atoms with Crippen molar-refractivity contribution in [2.75, 3.05) is 0 Å². The number of rotatable bonds is 4. The van der Waals surface area contributed by atoms with Crippen molar-refractivity contribution in [3.05, 3.63) is 218 Å². The molecule has 0 N–H and O–H groups in total. The lowest BCUT2D eigenvalue weighted by atomic mass is 9.92. The van der Waals surface area contributed by atoms with Gasteiger partial charge in [-0.15, -0.1) is 0 Å². The molecule has 0 aliphatic rings. The highest BCUT2D eigenvalue weighted by molar-refractivity contribution is 6.27. The van der Waals surface area contributed by atoms with E-state index >= 15 is 0 Å². The Morgan fingerprint density at radius 3 is 0.790 bits per heavy atom. The van der Waals surface area contributed by atoms with Gasteiger partial charge in [-0.2, -0.15) is 0 Å². The Morgan fingerprint density at radius 1 is 0.194 bits per heavy atom. The van der Waals surface area contributed by atoms with Gasteiger partial charge in [0.2, 0.25) is 0 Å². The molecule has 62 heavy (non-hydrogen) atoms. The summed E-state index contributed by atoms with van der Waals surface area (Å²) in [5.41, 5.74) is 10.6. The van der Waals surface area contributed by atoms with E-state index in [9.17, 15) is 0 Å². The number of nitrogens with zero attached hydrogens (tertiary/aromatic N) is 2. The SMILES string of the molecule is c1ccc2c(c1)c1ccccc1c1cc(-c3ccc(-c4ccc5ccc6ccc(-c7ccc(-c8ccc9c%10ccccc%10c%10ccccc%10c9c8)cc7)nc6c5n4)cc3)ccc21. The minimum Gasteiger partial charge on any atom is -0.245 e. The van der Waals surface area contributed by atoms with Gasteiger partial charge in [-0.3, -0.25) is 0 Å². The van der Waals surface area contributed by atoms with Crippen LogP contribution in [0.4, 0.5) is 0 Å². The number of benzene rings is 11. The molecule has 0 bridgehead atoms. The number of hydrogen-bond donors (Lipinski definition) is 0. The van der Waals surface area contributed by atoms with E-state index in [1.54, 1.807) is 0 Å². The zero-order valence-electron chi connectivity index (χ0n) is 33.7. The van der Waals surface area contributed by atoms with E-state index in [2.05, 4.69) is 218 Å². The summed E-state index contributed by atoms with van der Waals surface area (Å²) in [6.07, 6.45) is 0. The smallest absolute Gasteiger partial charge is 0.0972 e. The first kappa shape index (κ1) is 34.6. The van der Waals surface area contributed by atoms with E-state index in [1.165, 1.54) is 86.9 Å². The van der Waals surface area contributed by atoms with E-state index in [0.29, 0.717) is 0 Å². The maximum Gasteiger partial charge on any atom is 0.0972 e. The van der Waals surface area contributed by atoms with Crippen LogP contribution in [0.5, 0.6) is 0 Å². The van der Waals surface area contributed by atoms with Crippen LogP contribution in [0.1, 0.15) is 0 Å². The molecule has 0 aliphatic heterocycles. The second kappa shape index (κ2) is 13.7. The summed E-state index contributed by atoms with van der Waals surface area (Å²) in [6.45, 7) is 0. The van der Waals surface area contributed by atoms with Gasteiger partial charge in [0.15, 0.2) is 0 Å². The van der Waals surface area contributed by atoms with Crippen molar-refractivity contribution in [2.45, 2.75) is 0 Å². The van der Waals surface area contributed by atoms with Gasteiger partial charge in [-0.25, -0.2) is 9.97 Å². The minimum atomic E-state index is 0.909. The van der Waals surface area contributed by atoms with Crippen molar-refractivity contribution in [3.8, 4) is 44.8 Å². The molecule has 13 aromatic rings. The van der Waals surface area contributed by atoms with Crippen molar-refractivity contribution in [3.63, 3.8) is 0 Å². The predicted molar refractivity (Wildman–Crippen MR) is 264 cm³/mol. The maximum absolute atomic E-state index is 5.27. The number of hydrogen-bond acceptors (Lipinski definition) is 2. The first-order valence-electron chi connectivity index (χ1n) is 21.3. The number of fused-ring (bicyclic) bond motifs is 15. The molecular weight excluding hydrogens is 749 g/mol. The summed E-state index contributed by atoms with van der Waals surface area (Å²) in [6, 6.07) is 79.3. The van der Waals surface area contributed by atoms with Crippen molar-refractivity contribution in [1.82, 2.24) is 9.97 Å². The molecule has 2 aromatic heterocycles. The molecule has 0 unspecified atom stereocenters. The molecule has 286 valence electrons. The molecule has 2 nitrogen and oxygen atoms in total. The minimum absolute atomic E-state index is 0.909. The lowest BCUT2D eigenvalue weighted by Crippen LogP contribution is -1.91. The van der Waals surface area contributed by atoms with Gasteiger partial charge in [0.05, 0.1) is 22.4 Å². The summed E-state index contributed by atoms with van der Waals surface area (Å²) in [7, 11) is 0. The summed E-state index contributed by atoms with van der Waals surface area (Å²) < 4.78 is 0. The van der Waals surface area contributed by atoms with Gasteiger partial charge in [0.25, 0.3) is 0 Å². The zero-order valence-corrected chi connectivity index (χ0v) is 33.7. The van der Waals surface area contributed by atoms with Crippen molar-refractivity contribution in [2.24, 2.45) is 0 Å². The van der Waals surface area contributed by atoms with Gasteiger partial charge < -0.3 is 0 Å². The van der Waals surface area contributed by atoms with Gasteiger partial charge >= 0.3 is 0 Å². The monoisotopic (exact) mass is 784 g/mol. The Balaban J connectivity index is 0.835. The van der Waals surface area contributed by atoms with Gasteiger partial charge in [0.1, 0.15) is 0 Å². The third-order valence-electron chi connectivity index (χ3n) is 13.0. The maximum atomic E-state index is 5.27. The Labute approximate surface area is 358 Å². The van der Waals surface area contributed by atoms with E-state index in [0.717, 1.165) is 44.3 Å². The molecule has 11 aromatic carbocycles. The second-order valence-electron chi connectivity index (χ2n) is 16.5. The van der Waals surface area contributed by atoms with Crippen LogP contribution >= 0.6 is 0 Å². The molecule has 0 atom stereocenters. The molecule has 0 spiro atoms. The fourth-order valence-electron chi connectivity index (χ4n) is 9.93. The van der Waals surface area contributed by atoms with Crippen LogP contribution in [-0.4, -0.2) is 9.97 Å². The Hall–Kier alpha value is -8.20. The number of pyridine rings is 2. The highest BCUT2D eigenvalue weighted by atomic mass is 14.8. The van der Waals surface area contributed by atoms with Crippen LogP contribution in [0.15, 0.2) is 218 Å². The third-order valence-corrected chi connectivity index (χ3v) is 13.0. The molecule has 13 rings (SSSR count). The normalized spacial score (nSPS) is 11.9. The van der Waals surface area contributed by atoms with E-state index < -0.39 is 0 Å². The first-order chi connectivity index (χ1) is 30.7. The Kier molecular flexibility index (Phi) is 7.64. The van der Waals surface area contributed by atoms with E-state index in [1.807, 2.05) is 0 Å². The Morgan fingerprint density at radius 2 is 0.452 bits per heavy atom. The fraction of sp³-hybridized carbons (Fsp3) is 0. The largest absolute Gasteiger partial charge is 0.245 e. The first-order valence-corrected chi connectivity index (χ1v) is 21.3. The Bertz CT molecular complexity index is 3630. The molecule has 2 heterocycles. The molecule has 0 radical (unpaired) electrons. The topological polar surface area (TPSA) is 25.8 Å². The summed E-state index contributed by atoms with van der Waals surface area (Å²) >= 11 is 0. The summed E-state index contributed by atoms with van der Waals surface area (Å²) in [5, 5.41) is 17.6. The average Bonchev–Trinajstić information content (AvgIpc) is 3.36. The van der Waals surface area contributed by atoms with Crippen LogP contribution < -0.4 is 0 Å². The van der Waals surface area contributed by atoms with Crippen LogP contribution in [0, 0.1) is 0 Å². The third kappa shape index (κ3) is 5.44. The fourth-order valence-corrected chi connectivity index (χ4v) is 9.93. The van der Waals surface area contributed by atoms with Gasteiger partial charge in [-0.1, -0.05) is 194 Å². The molecule has 2 heteroatoms. The van der Waals surface area contributed by atoms with E-state index in [-0.39, 0.29) is 0 Å². The highest BCUT2D eigenvalue weighted by Crippen LogP contribution is 2.39. The molecule has 0 saturated heterocycles. The van der Waals surface area contributed by atoms with Crippen LogP contribution in [-0.2, 0) is 0 Å². The molecule has 0 fully saturated rings. The van der Waals surface area contributed by atoms with Crippen molar-refractivity contribution < 1.29 is 0 Å². The summed E-state index contributed by atoms with van der Waals surface area (Å²) in [5.74, 6) is 0. The van der Waals surface area contributed by atoms with Crippen molar-refractivity contribution >= 4 is 86.4 Å². The highest BCUT2D eigenvalue weighted by Gasteiger charge is 2.14. The van der Waals surface area contributed by atoms with Gasteiger partial charge in [-0.05, 0) is 111 Å². The van der Waals surface area contributed by atoms with Crippen molar-refractivity contribution in [1.29, 1.82) is 0 Å². The summed E-state index contributed by atoms with van der Waals surface area (Å²) in [4.78, 5) is 10.5.